The van der Waals surface area contributed by atoms with Crippen LogP contribution in [-0.4, -0.2) is 172 Å². The molecule has 0 bridgehead atoms. The number of hydrogen-bond donors (Lipinski definition) is 5. The SMILES string of the molecule is CC[C@H]1OC(=O)C[C@@H](O)[C@H](C)[C@@H](O[C@@H]2O[C@H](C)[C@@H](O)C(N(C)C)C2O)[C@@H](CCn2cc(CO)nn2)C[C@@H](C)C(=O)C=CC(C)=C[C@@H]1CO[C@@H]1OC(C)[C@@H](O)[C@H](OC)C1OC. The van der Waals surface area contributed by atoms with Gasteiger partial charge in [-0.05, 0) is 66.1 Å². The van der Waals surface area contributed by atoms with Gasteiger partial charge in [0.1, 0.15) is 36.2 Å². The van der Waals surface area contributed by atoms with E-state index in [1.807, 2.05) is 26.8 Å². The lowest BCUT2D eigenvalue weighted by Crippen LogP contribution is -2.63. The number of ketones is 1. The summed E-state index contributed by atoms with van der Waals surface area (Å²) in [6.45, 7) is 10.7. The van der Waals surface area contributed by atoms with Crippen LogP contribution in [0.3, 0.4) is 0 Å². The number of aromatic nitrogens is 3. The molecule has 60 heavy (non-hydrogen) atoms. The quantitative estimate of drug-likeness (QED) is 0.175. The molecule has 3 aliphatic heterocycles. The van der Waals surface area contributed by atoms with Crippen molar-refractivity contribution in [1.82, 2.24) is 19.9 Å². The largest absolute Gasteiger partial charge is 0.462 e. The molecule has 1 aromatic heterocycles. The van der Waals surface area contributed by atoms with Gasteiger partial charge < -0.3 is 63.6 Å². The van der Waals surface area contributed by atoms with E-state index in [0.717, 1.165) is 0 Å². The van der Waals surface area contributed by atoms with Crippen LogP contribution in [0, 0.1) is 23.7 Å². The van der Waals surface area contributed by atoms with E-state index in [9.17, 15) is 35.1 Å². The summed E-state index contributed by atoms with van der Waals surface area (Å²) in [5.74, 6) is -3.11. The smallest absolute Gasteiger partial charge is 0.308 e. The lowest BCUT2D eigenvalue weighted by Gasteiger charge is -2.46. The fourth-order valence-corrected chi connectivity index (χ4v) is 8.51. The number of allylic oxidation sites excluding steroid dienone is 3. The number of hydrogen-bond acceptors (Lipinski definition) is 17. The first-order valence-corrected chi connectivity index (χ1v) is 21.1. The second-order valence-corrected chi connectivity index (χ2v) is 16.9. The van der Waals surface area contributed by atoms with E-state index in [1.165, 1.54) is 20.3 Å². The average Bonchev–Trinajstić information content (AvgIpc) is 3.68. The van der Waals surface area contributed by atoms with Crippen LogP contribution in [-0.2, 0) is 55.9 Å². The number of aliphatic hydroxyl groups is 5. The fourth-order valence-electron chi connectivity index (χ4n) is 8.51. The Bertz CT molecular complexity index is 1560. The number of ether oxygens (including phenoxy) is 7. The lowest BCUT2D eigenvalue weighted by molar-refractivity contribution is -0.304. The van der Waals surface area contributed by atoms with E-state index < -0.39 is 116 Å². The molecule has 0 spiro atoms. The molecule has 18 nitrogen and oxygen atoms in total. The van der Waals surface area contributed by atoms with Crippen LogP contribution in [0.5, 0.6) is 0 Å². The molecule has 0 saturated carbocycles. The van der Waals surface area contributed by atoms with Crippen molar-refractivity contribution in [1.29, 1.82) is 0 Å². The minimum atomic E-state index is -1.30. The summed E-state index contributed by atoms with van der Waals surface area (Å²) >= 11 is 0. The number of aryl methyl sites for hydroxylation is 1. The van der Waals surface area contributed by atoms with E-state index in [4.69, 9.17) is 33.2 Å². The van der Waals surface area contributed by atoms with Crippen LogP contribution in [0.2, 0.25) is 0 Å². The van der Waals surface area contributed by atoms with Crippen molar-refractivity contribution in [2.24, 2.45) is 23.7 Å². The number of nitrogens with zero attached hydrogens (tertiary/aromatic N) is 4. The van der Waals surface area contributed by atoms with Crippen molar-refractivity contribution in [2.45, 2.75) is 160 Å². The van der Waals surface area contributed by atoms with Crippen molar-refractivity contribution in [3.8, 4) is 0 Å². The van der Waals surface area contributed by atoms with Crippen LogP contribution in [0.15, 0.2) is 30.0 Å². The van der Waals surface area contributed by atoms with E-state index >= 15 is 0 Å². The van der Waals surface area contributed by atoms with Gasteiger partial charge in [-0.25, -0.2) is 0 Å². The number of likely N-dealkylation sites (N-methyl/N-ethyl adjacent to an activating group) is 1. The number of methoxy groups -OCH3 is 2. The van der Waals surface area contributed by atoms with Gasteiger partial charge in [0, 0.05) is 38.5 Å². The Labute approximate surface area is 353 Å². The molecule has 3 aliphatic rings. The van der Waals surface area contributed by atoms with Crippen LogP contribution >= 0.6 is 0 Å². The van der Waals surface area contributed by atoms with E-state index in [0.29, 0.717) is 30.7 Å². The van der Waals surface area contributed by atoms with Gasteiger partial charge in [0.15, 0.2) is 18.4 Å². The van der Waals surface area contributed by atoms with Crippen molar-refractivity contribution >= 4 is 11.8 Å². The maximum Gasteiger partial charge on any atom is 0.308 e. The van der Waals surface area contributed by atoms with Gasteiger partial charge >= 0.3 is 5.97 Å². The monoisotopic (exact) mass is 854 g/mol. The van der Waals surface area contributed by atoms with Crippen molar-refractivity contribution in [2.75, 3.05) is 34.9 Å². The number of carbonyl (C=O) groups is 2. The van der Waals surface area contributed by atoms with E-state index in [2.05, 4.69) is 10.3 Å². The molecular formula is C42H70N4O14. The predicted molar refractivity (Wildman–Crippen MR) is 216 cm³/mol. The van der Waals surface area contributed by atoms with Crippen LogP contribution in [0.25, 0.3) is 0 Å². The number of esters is 1. The minimum Gasteiger partial charge on any atom is -0.462 e. The molecule has 17 atom stereocenters. The number of rotatable bonds is 13. The van der Waals surface area contributed by atoms with Gasteiger partial charge in [-0.15, -0.1) is 5.10 Å². The molecule has 1 aromatic rings. The Hall–Kier alpha value is -2.72. The van der Waals surface area contributed by atoms with Crippen molar-refractivity contribution < 1.29 is 68.3 Å². The Morgan fingerprint density at radius 1 is 0.917 bits per heavy atom. The van der Waals surface area contributed by atoms with Crippen molar-refractivity contribution in [3.63, 3.8) is 0 Å². The van der Waals surface area contributed by atoms with Crippen LogP contribution in [0.4, 0.5) is 0 Å². The molecule has 4 heterocycles. The highest BCUT2D eigenvalue weighted by atomic mass is 16.7. The third kappa shape index (κ3) is 12.7. The first kappa shape index (κ1) is 49.9. The number of carbonyl (C=O) groups excluding carboxylic acids is 2. The zero-order valence-corrected chi connectivity index (χ0v) is 36.8. The van der Waals surface area contributed by atoms with Gasteiger partial charge in [0.2, 0.25) is 0 Å². The number of cyclic esters (lactones) is 1. The molecule has 0 aliphatic carbocycles. The standard InChI is InChI=1S/C42H70N4O14/c1-11-32-28(21-56-42-40(55-10)39(54-9)36(52)26(6)58-42)16-22(2)12-13-30(48)23(3)17-27(14-15-46-19-29(20-47)43-44-46)38(24(4)31(49)18-33(50)59-32)60-41-37(53)34(45(7)8)35(51)25(5)57-41/h12-13,16,19,23-28,31-32,34-42,47,49,51-53H,11,14-15,17-18,20-21H2,1-10H3/t23-,24+,25-,26?,27+,28-,31-,32-,34?,35-,36-,37?,38-,39+,40?,41+,42-/m1/s1. The lowest BCUT2D eigenvalue weighted by atomic mass is 9.79. The minimum absolute atomic E-state index is 0.0119. The summed E-state index contributed by atoms with van der Waals surface area (Å²) in [6.07, 6.45) is -3.79. The first-order valence-electron chi connectivity index (χ1n) is 21.1. The maximum atomic E-state index is 13.9. The van der Waals surface area contributed by atoms with E-state index in [1.54, 1.807) is 56.7 Å². The molecule has 4 unspecified atom stereocenters. The highest BCUT2D eigenvalue weighted by molar-refractivity contribution is 5.91. The van der Waals surface area contributed by atoms with Gasteiger partial charge in [0.25, 0.3) is 0 Å². The molecule has 342 valence electrons. The molecular weight excluding hydrogens is 784 g/mol. The van der Waals surface area contributed by atoms with Gasteiger partial charge in [0.05, 0.1) is 62.4 Å². The van der Waals surface area contributed by atoms with Crippen LogP contribution in [0.1, 0.15) is 72.9 Å². The second-order valence-electron chi connectivity index (χ2n) is 16.9. The van der Waals surface area contributed by atoms with E-state index in [-0.39, 0.29) is 25.4 Å². The topological polar surface area (TPSA) is 234 Å². The molecule has 4 rings (SSSR count). The molecule has 0 radical (unpaired) electrons. The average molecular weight is 855 g/mol. The molecule has 2 saturated heterocycles. The Kier molecular flexibility index (Phi) is 19.2. The summed E-state index contributed by atoms with van der Waals surface area (Å²) in [4.78, 5) is 29.3. The Balaban J connectivity index is 1.69. The Morgan fingerprint density at radius 3 is 2.20 bits per heavy atom. The third-order valence-corrected chi connectivity index (χ3v) is 12.2. The predicted octanol–water partition coefficient (Wildman–Crippen LogP) is 1.15. The van der Waals surface area contributed by atoms with Gasteiger partial charge in [-0.2, -0.15) is 0 Å². The summed E-state index contributed by atoms with van der Waals surface area (Å²) in [5.41, 5.74) is 1.10. The molecule has 5 N–H and O–H groups in total. The van der Waals surface area contributed by atoms with Crippen molar-refractivity contribution in [3.05, 3.63) is 35.7 Å². The zero-order valence-electron chi connectivity index (χ0n) is 36.8. The Morgan fingerprint density at radius 2 is 1.58 bits per heavy atom. The van der Waals surface area contributed by atoms with Gasteiger partial charge in [-0.1, -0.05) is 43.7 Å². The normalized spacial score (nSPS) is 39.1. The van der Waals surface area contributed by atoms with Gasteiger partial charge in [-0.3, -0.25) is 14.3 Å². The highest BCUT2D eigenvalue weighted by Gasteiger charge is 2.48. The highest BCUT2D eigenvalue weighted by Crippen LogP contribution is 2.35. The fraction of sp³-hybridized carbons (Fsp3) is 0.810. The summed E-state index contributed by atoms with van der Waals surface area (Å²) < 4.78 is 43.8. The zero-order chi connectivity index (χ0) is 44.4. The summed E-state index contributed by atoms with van der Waals surface area (Å²) in [7, 11) is 6.41. The third-order valence-electron chi connectivity index (χ3n) is 12.2. The second kappa shape index (κ2) is 23.1. The summed E-state index contributed by atoms with van der Waals surface area (Å²) in [6, 6.07) is -0.739. The van der Waals surface area contributed by atoms with Crippen LogP contribution < -0.4 is 0 Å². The summed E-state index contributed by atoms with van der Waals surface area (Å²) in [5, 5.41) is 62.6. The molecule has 0 aromatic carbocycles. The first-order chi connectivity index (χ1) is 28.4. The maximum absolute atomic E-state index is 13.9. The molecule has 0 amide bonds. The molecule has 18 heteroatoms. The number of aliphatic hydroxyl groups excluding tert-OH is 5. The molecule has 2 fully saturated rings.